The standard InChI is InChI=1S/C44H45N5O4.ClH/c1-29-21-35(43(51)49(36-9-12-39(50)13-10-36)37-11-14-41-33(23-37)15-16-45-41)27-47(29)42-25-32-8-4-7-31(32)24-40(42)44(52)48-26-34-6-3-2-5-30(34)22-38(48)28-46-17-19-53-20-18-46;/h2-3,5-6,9-14,21,23-25,27,38,45,50H,4,7-8,15-20,22,26,28H2,1H3;1H/t38-;/m0./s1. The fourth-order valence-electron chi connectivity index (χ4n) is 8.70. The van der Waals surface area contributed by atoms with Gasteiger partial charge in [-0.15, -0.1) is 12.4 Å². The first-order valence-electron chi connectivity index (χ1n) is 18.9. The second-order valence-electron chi connectivity index (χ2n) is 14.9. The molecular weight excluding hydrogens is 698 g/mol. The number of rotatable bonds is 7. The van der Waals surface area contributed by atoms with E-state index in [-0.39, 0.29) is 36.0 Å². The molecule has 2 N–H and O–H groups in total. The minimum atomic E-state index is -0.185. The first-order valence-corrected chi connectivity index (χ1v) is 18.9. The van der Waals surface area contributed by atoms with Gasteiger partial charge in [-0.1, -0.05) is 24.3 Å². The minimum Gasteiger partial charge on any atom is -0.508 e. The van der Waals surface area contributed by atoms with Gasteiger partial charge in [-0.3, -0.25) is 19.4 Å². The van der Waals surface area contributed by atoms with Crippen LogP contribution in [0, 0.1) is 6.92 Å². The number of nitrogens with one attached hydrogen (secondary N) is 1. The largest absolute Gasteiger partial charge is 0.508 e. The third-order valence-electron chi connectivity index (χ3n) is 11.5. The van der Waals surface area contributed by atoms with E-state index in [4.69, 9.17) is 4.74 Å². The van der Waals surface area contributed by atoms with Crippen molar-refractivity contribution < 1.29 is 19.4 Å². The molecule has 4 aromatic carbocycles. The minimum absolute atomic E-state index is 0. The fraction of sp³-hybridized carbons (Fsp3) is 0.318. The molecule has 54 heavy (non-hydrogen) atoms. The summed E-state index contributed by atoms with van der Waals surface area (Å²) in [6.07, 6.45) is 6.59. The van der Waals surface area contributed by atoms with Crippen LogP contribution in [0.25, 0.3) is 5.69 Å². The number of phenolic OH excluding ortho intramolecular Hbond substituents is 1. The maximum absolute atomic E-state index is 15.1. The number of carbonyl (C=O) groups is 2. The van der Waals surface area contributed by atoms with E-state index in [1.807, 2.05) is 35.9 Å². The molecule has 1 saturated heterocycles. The van der Waals surface area contributed by atoms with E-state index in [1.54, 1.807) is 29.2 Å². The molecule has 1 atom stereocenters. The Morgan fingerprint density at radius 3 is 2.39 bits per heavy atom. The number of phenols is 1. The van der Waals surface area contributed by atoms with Crippen LogP contribution in [0.1, 0.15) is 60.6 Å². The predicted molar refractivity (Wildman–Crippen MR) is 214 cm³/mol. The molecule has 9 nitrogen and oxygen atoms in total. The summed E-state index contributed by atoms with van der Waals surface area (Å²) in [5.74, 6) is -0.0175. The van der Waals surface area contributed by atoms with Gasteiger partial charge in [-0.2, -0.15) is 0 Å². The van der Waals surface area contributed by atoms with Crippen molar-refractivity contribution in [2.75, 3.05) is 49.6 Å². The first kappa shape index (κ1) is 35.9. The highest BCUT2D eigenvalue weighted by Gasteiger charge is 2.34. The van der Waals surface area contributed by atoms with Crippen molar-refractivity contribution in [1.82, 2.24) is 14.4 Å². The predicted octanol–water partition coefficient (Wildman–Crippen LogP) is 7.25. The van der Waals surface area contributed by atoms with Crippen LogP contribution in [-0.4, -0.2) is 76.7 Å². The molecule has 0 spiro atoms. The van der Waals surface area contributed by atoms with Crippen molar-refractivity contribution in [2.24, 2.45) is 0 Å². The maximum atomic E-state index is 15.1. The zero-order valence-electron chi connectivity index (χ0n) is 30.6. The highest BCUT2D eigenvalue weighted by molar-refractivity contribution is 6.11. The average Bonchev–Trinajstić information content (AvgIpc) is 3.94. The number of aromatic nitrogens is 1. The molecule has 0 unspecified atom stereocenters. The van der Waals surface area contributed by atoms with Gasteiger partial charge in [0.1, 0.15) is 5.75 Å². The monoisotopic (exact) mass is 743 g/mol. The van der Waals surface area contributed by atoms with Gasteiger partial charge in [0.15, 0.2) is 0 Å². The summed E-state index contributed by atoms with van der Waals surface area (Å²) < 4.78 is 7.69. The molecule has 1 fully saturated rings. The van der Waals surface area contributed by atoms with E-state index < -0.39 is 0 Å². The Bertz CT molecular complexity index is 2210. The zero-order chi connectivity index (χ0) is 36.1. The first-order chi connectivity index (χ1) is 25.9. The Hall–Kier alpha value is -5.09. The van der Waals surface area contributed by atoms with E-state index in [9.17, 15) is 9.90 Å². The summed E-state index contributed by atoms with van der Waals surface area (Å²) >= 11 is 0. The number of carbonyl (C=O) groups excluding carboxylic acids is 2. The number of ether oxygens (including phenoxy) is 1. The number of nitrogens with zero attached hydrogens (tertiary/aromatic N) is 4. The van der Waals surface area contributed by atoms with Crippen LogP contribution in [0.5, 0.6) is 5.75 Å². The van der Waals surface area contributed by atoms with E-state index in [0.29, 0.717) is 36.6 Å². The zero-order valence-corrected chi connectivity index (χ0v) is 31.4. The number of amides is 2. The second kappa shape index (κ2) is 15.0. The van der Waals surface area contributed by atoms with Crippen molar-refractivity contribution in [1.29, 1.82) is 0 Å². The van der Waals surface area contributed by atoms with Crippen LogP contribution < -0.4 is 10.2 Å². The topological polar surface area (TPSA) is 90.3 Å². The lowest BCUT2D eigenvalue weighted by molar-refractivity contribution is 0.0193. The van der Waals surface area contributed by atoms with Crippen molar-refractivity contribution in [3.8, 4) is 11.4 Å². The number of hydrogen-bond donors (Lipinski definition) is 2. The number of morpholine rings is 1. The number of hydrogen-bond acceptors (Lipinski definition) is 6. The number of aromatic hydroxyl groups is 1. The van der Waals surface area contributed by atoms with Crippen molar-refractivity contribution in [3.05, 3.63) is 136 Å². The van der Waals surface area contributed by atoms with Crippen LogP contribution in [0.2, 0.25) is 0 Å². The number of anilines is 3. The molecule has 2 amide bonds. The van der Waals surface area contributed by atoms with E-state index in [0.717, 1.165) is 81.0 Å². The van der Waals surface area contributed by atoms with Crippen LogP contribution in [0.15, 0.2) is 91.1 Å². The molecule has 278 valence electrons. The van der Waals surface area contributed by atoms with Gasteiger partial charge in [0.05, 0.1) is 30.0 Å². The number of fused-ring (bicyclic) bond motifs is 3. The van der Waals surface area contributed by atoms with Gasteiger partial charge < -0.3 is 24.6 Å². The third kappa shape index (κ3) is 6.76. The third-order valence-corrected chi connectivity index (χ3v) is 11.5. The number of halogens is 1. The summed E-state index contributed by atoms with van der Waals surface area (Å²) in [6, 6.07) is 27.6. The Balaban J connectivity index is 0.00000413. The second-order valence-corrected chi connectivity index (χ2v) is 14.9. The highest BCUT2D eigenvalue weighted by Crippen LogP contribution is 2.36. The Kier molecular flexibility index (Phi) is 9.96. The van der Waals surface area contributed by atoms with Crippen LogP contribution in [0.4, 0.5) is 17.1 Å². The molecule has 0 bridgehead atoms. The van der Waals surface area contributed by atoms with Gasteiger partial charge in [-0.05, 0) is 128 Å². The summed E-state index contributed by atoms with van der Waals surface area (Å²) in [6.45, 7) is 7.41. The molecule has 1 aliphatic carbocycles. The number of aryl methyl sites for hydroxylation is 3. The molecule has 0 radical (unpaired) electrons. The lowest BCUT2D eigenvalue weighted by Gasteiger charge is -2.40. The van der Waals surface area contributed by atoms with E-state index >= 15 is 4.79 Å². The lowest BCUT2D eigenvalue weighted by atomic mass is 9.92. The SMILES string of the molecule is Cc1cc(C(=O)N(c2ccc(O)cc2)c2ccc3c(c2)CCN3)cn1-c1cc2c(cc1C(=O)N1Cc3ccccc3C[C@H]1CN1CCOCC1)CCC2.Cl. The van der Waals surface area contributed by atoms with Crippen molar-refractivity contribution in [3.63, 3.8) is 0 Å². The molecular formula is C44H46ClN5O4. The molecule has 0 saturated carbocycles. The van der Waals surface area contributed by atoms with Crippen molar-refractivity contribution in [2.45, 2.75) is 51.6 Å². The van der Waals surface area contributed by atoms with Gasteiger partial charge >= 0.3 is 0 Å². The lowest BCUT2D eigenvalue weighted by Crippen LogP contribution is -2.52. The van der Waals surface area contributed by atoms with Gasteiger partial charge in [0.25, 0.3) is 11.8 Å². The van der Waals surface area contributed by atoms with Crippen LogP contribution >= 0.6 is 12.4 Å². The summed E-state index contributed by atoms with van der Waals surface area (Å²) in [7, 11) is 0. The average molecular weight is 744 g/mol. The Labute approximate surface area is 322 Å². The van der Waals surface area contributed by atoms with Gasteiger partial charge in [0, 0.05) is 67.7 Å². The Morgan fingerprint density at radius 1 is 0.852 bits per heavy atom. The van der Waals surface area contributed by atoms with Crippen LogP contribution in [0.3, 0.4) is 0 Å². The van der Waals surface area contributed by atoms with Gasteiger partial charge in [0.2, 0.25) is 0 Å². The quantitative estimate of drug-likeness (QED) is 0.183. The highest BCUT2D eigenvalue weighted by atomic mass is 35.5. The molecule has 10 heteroatoms. The summed E-state index contributed by atoms with van der Waals surface area (Å²) in [5.41, 5.74) is 11.6. The van der Waals surface area contributed by atoms with Crippen molar-refractivity contribution >= 4 is 41.3 Å². The molecule has 3 aliphatic heterocycles. The molecule has 4 heterocycles. The smallest absolute Gasteiger partial charge is 0.264 e. The maximum Gasteiger partial charge on any atom is 0.264 e. The molecule has 5 aromatic rings. The van der Waals surface area contributed by atoms with E-state index in [2.05, 4.69) is 57.6 Å². The molecule has 4 aliphatic rings. The molecule has 9 rings (SSSR count). The summed E-state index contributed by atoms with van der Waals surface area (Å²) in [5, 5.41) is 13.5. The Morgan fingerprint density at radius 2 is 1.59 bits per heavy atom. The van der Waals surface area contributed by atoms with Crippen LogP contribution in [-0.2, 0) is 37.0 Å². The normalized spacial score (nSPS) is 17.6. The fourth-order valence-corrected chi connectivity index (χ4v) is 8.70. The van der Waals surface area contributed by atoms with Gasteiger partial charge in [-0.25, -0.2) is 0 Å². The molecule has 1 aromatic heterocycles. The van der Waals surface area contributed by atoms with E-state index in [1.165, 1.54) is 27.8 Å². The summed E-state index contributed by atoms with van der Waals surface area (Å²) in [4.78, 5) is 36.0. The number of benzene rings is 4.